The van der Waals surface area contributed by atoms with Crippen LogP contribution in [0.3, 0.4) is 0 Å². The van der Waals surface area contributed by atoms with Crippen LogP contribution in [0.25, 0.3) is 11.1 Å². The summed E-state index contributed by atoms with van der Waals surface area (Å²) in [5, 5.41) is 5.58. The fraction of sp³-hybridized carbons (Fsp3) is 0.150. The van der Waals surface area contributed by atoms with E-state index in [0.29, 0.717) is 24.5 Å². The van der Waals surface area contributed by atoms with Crippen LogP contribution in [0.5, 0.6) is 0 Å². The van der Waals surface area contributed by atoms with Crippen molar-refractivity contribution in [3.63, 3.8) is 0 Å². The van der Waals surface area contributed by atoms with Crippen LogP contribution in [0, 0.1) is 0 Å². The summed E-state index contributed by atoms with van der Waals surface area (Å²) in [5.74, 6) is 0.312. The summed E-state index contributed by atoms with van der Waals surface area (Å²) in [6.07, 6.45) is 3.15. The van der Waals surface area contributed by atoms with Crippen LogP contribution in [0.1, 0.15) is 28.7 Å². The molecular weight excluding hydrogens is 330 g/mol. The summed E-state index contributed by atoms with van der Waals surface area (Å²) in [6.45, 7) is 2.21. The molecule has 2 heterocycles. The van der Waals surface area contributed by atoms with Crippen molar-refractivity contribution in [2.24, 2.45) is 0 Å². The number of furan rings is 1. The molecule has 0 bridgehead atoms. The molecule has 2 aromatic heterocycles. The molecule has 2 amide bonds. The van der Waals surface area contributed by atoms with E-state index < -0.39 is 0 Å². The van der Waals surface area contributed by atoms with E-state index in [1.165, 1.54) is 6.92 Å². The lowest BCUT2D eigenvalue weighted by molar-refractivity contribution is -0.119. The van der Waals surface area contributed by atoms with Crippen molar-refractivity contribution < 1.29 is 14.0 Å². The maximum atomic E-state index is 12.6. The molecule has 0 spiro atoms. The van der Waals surface area contributed by atoms with Gasteiger partial charge in [0.1, 0.15) is 11.5 Å². The highest BCUT2D eigenvalue weighted by molar-refractivity contribution is 5.98. The van der Waals surface area contributed by atoms with E-state index in [1.54, 1.807) is 30.7 Å². The van der Waals surface area contributed by atoms with E-state index in [9.17, 15) is 9.59 Å². The van der Waals surface area contributed by atoms with Crippen LogP contribution in [0.4, 0.5) is 0 Å². The van der Waals surface area contributed by atoms with E-state index >= 15 is 0 Å². The van der Waals surface area contributed by atoms with Crippen LogP contribution < -0.4 is 10.6 Å². The molecule has 0 aliphatic carbocycles. The Bertz CT molecular complexity index is 904. The third-order valence-electron chi connectivity index (χ3n) is 3.81. The SMILES string of the molecule is CC(=O)NCc1cccc(-c2cccnc2C(=O)NCc2ccco2)c1. The first-order valence-electron chi connectivity index (χ1n) is 8.23. The zero-order valence-corrected chi connectivity index (χ0v) is 14.4. The van der Waals surface area contributed by atoms with Gasteiger partial charge in [0.25, 0.3) is 5.91 Å². The van der Waals surface area contributed by atoms with Gasteiger partial charge in [0.2, 0.25) is 5.91 Å². The smallest absolute Gasteiger partial charge is 0.270 e. The standard InChI is InChI=1S/C20H19N3O3/c1-14(24)22-12-15-5-2-6-16(11-15)18-8-3-9-21-19(18)20(25)23-13-17-7-4-10-26-17/h2-11H,12-13H2,1H3,(H,22,24)(H,23,25). The van der Waals surface area contributed by atoms with Gasteiger partial charge in [-0.2, -0.15) is 0 Å². The number of hydrogen-bond donors (Lipinski definition) is 2. The molecular formula is C20H19N3O3. The molecule has 6 heteroatoms. The summed E-state index contributed by atoms with van der Waals surface area (Å²) < 4.78 is 5.23. The normalized spacial score (nSPS) is 10.3. The van der Waals surface area contributed by atoms with Crippen molar-refractivity contribution in [2.75, 3.05) is 0 Å². The summed E-state index contributed by atoms with van der Waals surface area (Å²) in [6, 6.07) is 14.9. The monoisotopic (exact) mass is 349 g/mol. The molecule has 26 heavy (non-hydrogen) atoms. The van der Waals surface area contributed by atoms with Crippen molar-refractivity contribution in [3.8, 4) is 11.1 Å². The molecule has 0 saturated carbocycles. The number of pyridine rings is 1. The van der Waals surface area contributed by atoms with Gasteiger partial charge in [-0.05, 0) is 35.4 Å². The molecule has 0 fully saturated rings. The Balaban J connectivity index is 1.81. The molecule has 0 aliphatic rings. The third kappa shape index (κ3) is 4.36. The maximum absolute atomic E-state index is 12.6. The number of aromatic nitrogens is 1. The molecule has 3 rings (SSSR count). The zero-order chi connectivity index (χ0) is 18.4. The Hall–Kier alpha value is -3.41. The Labute approximate surface area is 151 Å². The lowest BCUT2D eigenvalue weighted by Crippen LogP contribution is -2.24. The fourth-order valence-corrected chi connectivity index (χ4v) is 2.56. The van der Waals surface area contributed by atoms with E-state index in [-0.39, 0.29) is 11.8 Å². The number of rotatable bonds is 6. The predicted molar refractivity (Wildman–Crippen MR) is 97.1 cm³/mol. The minimum Gasteiger partial charge on any atom is -0.467 e. The number of nitrogens with one attached hydrogen (secondary N) is 2. The van der Waals surface area contributed by atoms with Crippen LogP contribution in [-0.2, 0) is 17.9 Å². The minimum atomic E-state index is -0.274. The summed E-state index contributed by atoms with van der Waals surface area (Å²) >= 11 is 0. The highest BCUT2D eigenvalue weighted by atomic mass is 16.3. The van der Waals surface area contributed by atoms with Crippen molar-refractivity contribution >= 4 is 11.8 Å². The Morgan fingerprint density at radius 1 is 1.04 bits per heavy atom. The molecule has 132 valence electrons. The van der Waals surface area contributed by atoms with Gasteiger partial charge < -0.3 is 15.1 Å². The number of carbonyl (C=O) groups is 2. The second-order valence-electron chi connectivity index (χ2n) is 5.77. The number of hydrogen-bond acceptors (Lipinski definition) is 4. The average Bonchev–Trinajstić information content (AvgIpc) is 3.18. The predicted octanol–water partition coefficient (Wildman–Crippen LogP) is 2.91. The van der Waals surface area contributed by atoms with Gasteiger partial charge in [0, 0.05) is 25.2 Å². The molecule has 6 nitrogen and oxygen atoms in total. The molecule has 1 aromatic carbocycles. The maximum Gasteiger partial charge on any atom is 0.270 e. The van der Waals surface area contributed by atoms with E-state index in [4.69, 9.17) is 4.42 Å². The van der Waals surface area contributed by atoms with Crippen molar-refractivity contribution in [2.45, 2.75) is 20.0 Å². The van der Waals surface area contributed by atoms with E-state index in [0.717, 1.165) is 16.7 Å². The Morgan fingerprint density at radius 3 is 2.69 bits per heavy atom. The van der Waals surface area contributed by atoms with Crippen LogP contribution in [-0.4, -0.2) is 16.8 Å². The Kier molecular flexibility index (Phi) is 5.43. The van der Waals surface area contributed by atoms with Crippen molar-refractivity contribution in [3.05, 3.63) is 78.0 Å². The van der Waals surface area contributed by atoms with Gasteiger partial charge in [-0.15, -0.1) is 0 Å². The van der Waals surface area contributed by atoms with Gasteiger partial charge in [-0.1, -0.05) is 24.3 Å². The molecule has 3 aromatic rings. The molecule has 0 atom stereocenters. The number of nitrogens with zero attached hydrogens (tertiary/aromatic N) is 1. The molecule has 0 aliphatic heterocycles. The highest BCUT2D eigenvalue weighted by Crippen LogP contribution is 2.23. The first-order chi connectivity index (χ1) is 12.6. The van der Waals surface area contributed by atoms with Crippen LogP contribution in [0.2, 0.25) is 0 Å². The van der Waals surface area contributed by atoms with Crippen molar-refractivity contribution in [1.29, 1.82) is 0 Å². The lowest BCUT2D eigenvalue weighted by atomic mass is 10.0. The first kappa shape index (κ1) is 17.4. The van der Waals surface area contributed by atoms with E-state index in [1.807, 2.05) is 30.3 Å². The van der Waals surface area contributed by atoms with Crippen molar-refractivity contribution in [1.82, 2.24) is 15.6 Å². The molecule has 0 saturated heterocycles. The first-order valence-corrected chi connectivity index (χ1v) is 8.23. The minimum absolute atomic E-state index is 0.0882. The quantitative estimate of drug-likeness (QED) is 0.717. The average molecular weight is 349 g/mol. The van der Waals surface area contributed by atoms with Gasteiger partial charge in [-0.25, -0.2) is 0 Å². The Morgan fingerprint density at radius 2 is 1.92 bits per heavy atom. The molecule has 2 N–H and O–H groups in total. The summed E-state index contributed by atoms with van der Waals surface area (Å²) in [5.41, 5.74) is 2.89. The number of amides is 2. The van der Waals surface area contributed by atoms with Crippen LogP contribution >= 0.6 is 0 Å². The van der Waals surface area contributed by atoms with Crippen LogP contribution in [0.15, 0.2) is 65.4 Å². The second kappa shape index (κ2) is 8.11. The third-order valence-corrected chi connectivity index (χ3v) is 3.81. The van der Waals surface area contributed by atoms with E-state index in [2.05, 4.69) is 15.6 Å². The summed E-state index contributed by atoms with van der Waals surface area (Å²) in [4.78, 5) is 27.9. The fourth-order valence-electron chi connectivity index (χ4n) is 2.56. The molecule has 0 unspecified atom stereocenters. The lowest BCUT2D eigenvalue weighted by Gasteiger charge is -2.10. The highest BCUT2D eigenvalue weighted by Gasteiger charge is 2.14. The number of benzene rings is 1. The molecule has 0 radical (unpaired) electrons. The van der Waals surface area contributed by atoms with Gasteiger partial charge in [0.05, 0.1) is 12.8 Å². The zero-order valence-electron chi connectivity index (χ0n) is 14.4. The van der Waals surface area contributed by atoms with Gasteiger partial charge >= 0.3 is 0 Å². The van der Waals surface area contributed by atoms with Gasteiger partial charge in [0.15, 0.2) is 0 Å². The second-order valence-corrected chi connectivity index (χ2v) is 5.77. The topological polar surface area (TPSA) is 84.2 Å². The largest absolute Gasteiger partial charge is 0.467 e. The van der Waals surface area contributed by atoms with Gasteiger partial charge in [-0.3, -0.25) is 14.6 Å². The number of carbonyl (C=O) groups excluding carboxylic acids is 2. The summed E-state index contributed by atoms with van der Waals surface area (Å²) in [7, 11) is 0.